The molecule has 3 saturated carbocycles. The van der Waals surface area contributed by atoms with Crippen molar-refractivity contribution < 1.29 is 5.11 Å². The molecule has 0 heterocycles. The Morgan fingerprint density at radius 2 is 1.13 bits per heavy atom. The summed E-state index contributed by atoms with van der Waals surface area (Å²) in [7, 11) is 0. The van der Waals surface area contributed by atoms with Gasteiger partial charge in [-0.25, -0.2) is 0 Å². The molecular formula is C22H40O. The molecule has 0 aliphatic heterocycles. The number of rotatable bonds is 4. The van der Waals surface area contributed by atoms with Gasteiger partial charge in [-0.15, -0.1) is 0 Å². The van der Waals surface area contributed by atoms with Gasteiger partial charge in [-0.1, -0.05) is 46.0 Å². The third kappa shape index (κ3) is 4.53. The van der Waals surface area contributed by atoms with Gasteiger partial charge in [0.2, 0.25) is 0 Å². The molecule has 0 spiro atoms. The highest BCUT2D eigenvalue weighted by Crippen LogP contribution is 2.44. The summed E-state index contributed by atoms with van der Waals surface area (Å²) in [5.74, 6) is 5.17. The summed E-state index contributed by atoms with van der Waals surface area (Å²) in [4.78, 5) is 0. The van der Waals surface area contributed by atoms with Crippen molar-refractivity contribution in [3.63, 3.8) is 0 Å². The first kappa shape index (κ1) is 17.8. The van der Waals surface area contributed by atoms with Gasteiger partial charge in [0.1, 0.15) is 0 Å². The van der Waals surface area contributed by atoms with Gasteiger partial charge in [-0.05, 0) is 86.9 Å². The van der Waals surface area contributed by atoms with E-state index in [1.165, 1.54) is 83.5 Å². The van der Waals surface area contributed by atoms with E-state index in [0.717, 1.165) is 23.7 Å². The lowest BCUT2D eigenvalue weighted by molar-refractivity contribution is 0.000807. The van der Waals surface area contributed by atoms with E-state index < -0.39 is 0 Å². The maximum atomic E-state index is 10.8. The molecule has 23 heavy (non-hydrogen) atoms. The van der Waals surface area contributed by atoms with Crippen LogP contribution in [0.4, 0.5) is 0 Å². The van der Waals surface area contributed by atoms with Crippen LogP contribution in [0.5, 0.6) is 0 Å². The molecule has 0 amide bonds. The second kappa shape index (κ2) is 8.37. The first-order valence-corrected chi connectivity index (χ1v) is 10.8. The van der Waals surface area contributed by atoms with Crippen LogP contribution >= 0.6 is 0 Å². The average molecular weight is 321 g/mol. The highest BCUT2D eigenvalue weighted by atomic mass is 16.3. The zero-order valence-corrected chi connectivity index (χ0v) is 15.7. The molecule has 1 unspecified atom stereocenters. The minimum atomic E-state index is 0.0132. The maximum Gasteiger partial charge on any atom is 0.0596 e. The van der Waals surface area contributed by atoms with Crippen molar-refractivity contribution in [3.8, 4) is 0 Å². The summed E-state index contributed by atoms with van der Waals surface area (Å²) >= 11 is 0. The molecule has 3 fully saturated rings. The fourth-order valence-corrected chi connectivity index (χ4v) is 6.04. The first-order chi connectivity index (χ1) is 11.2. The van der Waals surface area contributed by atoms with Gasteiger partial charge in [0, 0.05) is 0 Å². The van der Waals surface area contributed by atoms with Crippen LogP contribution < -0.4 is 0 Å². The summed E-state index contributed by atoms with van der Waals surface area (Å²) in [5, 5.41) is 10.8. The minimum Gasteiger partial charge on any atom is -0.393 e. The monoisotopic (exact) mass is 320 g/mol. The molecule has 3 aliphatic carbocycles. The molecule has 134 valence electrons. The molecule has 3 aliphatic rings. The van der Waals surface area contributed by atoms with E-state index >= 15 is 0 Å². The molecule has 0 saturated heterocycles. The van der Waals surface area contributed by atoms with Crippen LogP contribution in [0.2, 0.25) is 0 Å². The predicted octanol–water partition coefficient (Wildman–Crippen LogP) is 6.20. The lowest BCUT2D eigenvalue weighted by atomic mass is 9.66. The number of hydrogen-bond donors (Lipinski definition) is 1. The molecule has 0 radical (unpaired) electrons. The Morgan fingerprint density at radius 3 is 1.61 bits per heavy atom. The number of hydrogen-bond acceptors (Lipinski definition) is 1. The SMILES string of the molecule is CCC1CCC(C2CCC(C(O)C3CCC(C)CC3)CC2)CC1. The molecule has 1 N–H and O–H groups in total. The normalized spacial score (nSPS) is 44.0. The van der Waals surface area contributed by atoms with Crippen molar-refractivity contribution in [1.29, 1.82) is 0 Å². The summed E-state index contributed by atoms with van der Waals surface area (Å²) in [6.45, 7) is 4.74. The Labute approximate surface area is 144 Å². The van der Waals surface area contributed by atoms with E-state index in [2.05, 4.69) is 13.8 Å². The van der Waals surface area contributed by atoms with Crippen molar-refractivity contribution in [2.24, 2.45) is 35.5 Å². The molecule has 0 aromatic rings. The zero-order valence-electron chi connectivity index (χ0n) is 15.7. The van der Waals surface area contributed by atoms with Gasteiger partial charge in [0.15, 0.2) is 0 Å². The van der Waals surface area contributed by atoms with Crippen LogP contribution in [0.1, 0.15) is 97.3 Å². The van der Waals surface area contributed by atoms with Crippen molar-refractivity contribution >= 4 is 0 Å². The van der Waals surface area contributed by atoms with Gasteiger partial charge >= 0.3 is 0 Å². The number of aliphatic hydroxyl groups is 1. The molecule has 0 aromatic heterocycles. The topological polar surface area (TPSA) is 20.2 Å². The summed E-state index contributed by atoms with van der Waals surface area (Å²) in [6.07, 6.45) is 18.1. The first-order valence-electron chi connectivity index (χ1n) is 10.8. The van der Waals surface area contributed by atoms with Crippen LogP contribution in [-0.4, -0.2) is 11.2 Å². The van der Waals surface area contributed by atoms with Crippen LogP contribution in [-0.2, 0) is 0 Å². The molecule has 0 aromatic carbocycles. The largest absolute Gasteiger partial charge is 0.393 e. The average Bonchev–Trinajstić information content (AvgIpc) is 2.62. The van der Waals surface area contributed by atoms with Gasteiger partial charge in [0.25, 0.3) is 0 Å². The van der Waals surface area contributed by atoms with Gasteiger partial charge in [-0.3, -0.25) is 0 Å². The summed E-state index contributed by atoms with van der Waals surface area (Å²) < 4.78 is 0. The molecule has 3 rings (SSSR count). The van der Waals surface area contributed by atoms with E-state index in [1.807, 2.05) is 0 Å². The lowest BCUT2D eigenvalue weighted by Crippen LogP contribution is -2.35. The van der Waals surface area contributed by atoms with E-state index in [1.54, 1.807) is 0 Å². The predicted molar refractivity (Wildman–Crippen MR) is 98.3 cm³/mol. The van der Waals surface area contributed by atoms with Crippen LogP contribution in [0.15, 0.2) is 0 Å². The van der Waals surface area contributed by atoms with E-state index in [4.69, 9.17) is 0 Å². The minimum absolute atomic E-state index is 0.0132. The third-order valence-corrected chi connectivity index (χ3v) is 7.98. The Balaban J connectivity index is 1.41. The van der Waals surface area contributed by atoms with Crippen molar-refractivity contribution in [1.82, 2.24) is 0 Å². The fraction of sp³-hybridized carbons (Fsp3) is 1.00. The summed E-state index contributed by atoms with van der Waals surface area (Å²) in [6, 6.07) is 0. The number of aliphatic hydroxyl groups excluding tert-OH is 1. The second-order valence-corrected chi connectivity index (χ2v) is 9.37. The van der Waals surface area contributed by atoms with Crippen LogP contribution in [0.3, 0.4) is 0 Å². The Kier molecular flexibility index (Phi) is 6.46. The standard InChI is InChI=1S/C22H40O/c1-3-17-6-10-18(11-7-17)19-12-14-21(15-13-19)22(23)20-8-4-16(2)5-9-20/h16-23H,3-15H2,1-2H3. The lowest BCUT2D eigenvalue weighted by Gasteiger charge is -2.41. The van der Waals surface area contributed by atoms with Crippen LogP contribution in [0, 0.1) is 35.5 Å². The quantitative estimate of drug-likeness (QED) is 0.654. The van der Waals surface area contributed by atoms with E-state index in [9.17, 15) is 5.11 Å². The highest BCUT2D eigenvalue weighted by Gasteiger charge is 2.35. The van der Waals surface area contributed by atoms with Crippen molar-refractivity contribution in [2.45, 2.75) is 103 Å². The summed E-state index contributed by atoms with van der Waals surface area (Å²) in [5.41, 5.74) is 0. The van der Waals surface area contributed by atoms with Gasteiger partial charge in [-0.2, -0.15) is 0 Å². The van der Waals surface area contributed by atoms with Gasteiger partial charge in [0.05, 0.1) is 6.10 Å². The van der Waals surface area contributed by atoms with Crippen molar-refractivity contribution in [3.05, 3.63) is 0 Å². The smallest absolute Gasteiger partial charge is 0.0596 e. The zero-order chi connectivity index (χ0) is 16.2. The Bertz CT molecular complexity index is 328. The maximum absolute atomic E-state index is 10.8. The second-order valence-electron chi connectivity index (χ2n) is 9.37. The highest BCUT2D eigenvalue weighted by molar-refractivity contribution is 4.87. The molecule has 0 bridgehead atoms. The van der Waals surface area contributed by atoms with Crippen molar-refractivity contribution in [2.75, 3.05) is 0 Å². The molecule has 1 atom stereocenters. The van der Waals surface area contributed by atoms with Crippen LogP contribution in [0.25, 0.3) is 0 Å². The third-order valence-electron chi connectivity index (χ3n) is 7.98. The Hall–Kier alpha value is -0.0400. The molecule has 1 heteroatoms. The molecule has 1 nitrogen and oxygen atoms in total. The fourth-order valence-electron chi connectivity index (χ4n) is 6.04. The van der Waals surface area contributed by atoms with Gasteiger partial charge < -0.3 is 5.11 Å². The van der Waals surface area contributed by atoms with E-state index in [0.29, 0.717) is 11.8 Å². The molecular weight excluding hydrogens is 280 g/mol. The Morgan fingerprint density at radius 1 is 0.696 bits per heavy atom. The van der Waals surface area contributed by atoms with E-state index in [-0.39, 0.29) is 6.10 Å².